The van der Waals surface area contributed by atoms with Gasteiger partial charge in [0.15, 0.2) is 0 Å². The molecule has 0 bridgehead atoms. The molecule has 1 aromatic heterocycles. The standard InChI is InChI=1S/C21H24FN3O2Se/c1-4-25(5-2)9-8-23-20(26)17-11-15(28-13(17)3)12-18-16-7-6-14(22)10-19(16)24-21(18)27/h6-7,10-12H,4-5,8-9H2,1-3H3,(H,23,26)(H,24,27). The predicted molar refractivity (Wildman–Crippen MR) is 111 cm³/mol. The van der Waals surface area contributed by atoms with Crippen molar-refractivity contribution in [3.05, 3.63) is 50.1 Å². The molecule has 0 aliphatic carbocycles. The molecule has 0 radical (unpaired) electrons. The molecule has 2 aromatic rings. The van der Waals surface area contributed by atoms with Crippen LogP contribution in [0.1, 0.15) is 38.6 Å². The third-order valence-corrected chi connectivity index (χ3v) is 6.93. The maximum absolute atomic E-state index is 13.4. The van der Waals surface area contributed by atoms with Crippen LogP contribution in [0.2, 0.25) is 0 Å². The first-order chi connectivity index (χ1) is 13.4. The molecule has 1 aliphatic heterocycles. The number of rotatable bonds is 7. The molecule has 0 saturated heterocycles. The second-order valence-corrected chi connectivity index (χ2v) is 9.31. The van der Waals surface area contributed by atoms with Crippen LogP contribution >= 0.6 is 0 Å². The number of carbonyl (C=O) groups excluding carboxylic acids is 2. The molecule has 28 heavy (non-hydrogen) atoms. The molecule has 2 amide bonds. The normalized spacial score (nSPS) is 14.5. The van der Waals surface area contributed by atoms with Crippen molar-refractivity contribution < 1.29 is 14.0 Å². The van der Waals surface area contributed by atoms with E-state index in [4.69, 9.17) is 0 Å². The molecule has 148 valence electrons. The van der Waals surface area contributed by atoms with Crippen LogP contribution in [-0.2, 0) is 4.79 Å². The van der Waals surface area contributed by atoms with Gasteiger partial charge in [-0.15, -0.1) is 0 Å². The van der Waals surface area contributed by atoms with Crippen LogP contribution in [0.25, 0.3) is 11.6 Å². The van der Waals surface area contributed by atoms with Crippen LogP contribution in [0.15, 0.2) is 24.3 Å². The van der Waals surface area contributed by atoms with Crippen LogP contribution in [0.3, 0.4) is 0 Å². The molecule has 0 fully saturated rings. The number of aryl methyl sites for hydroxylation is 1. The second kappa shape index (κ2) is 8.86. The zero-order valence-corrected chi connectivity index (χ0v) is 18.0. The molecule has 0 atom stereocenters. The van der Waals surface area contributed by atoms with Crippen molar-refractivity contribution in [3.8, 4) is 0 Å². The molecule has 2 N–H and O–H groups in total. The molecule has 1 aliphatic rings. The fraction of sp³-hybridized carbons (Fsp3) is 0.333. The first-order valence-electron chi connectivity index (χ1n) is 9.36. The number of halogens is 1. The van der Waals surface area contributed by atoms with Crippen molar-refractivity contribution >= 4 is 43.7 Å². The van der Waals surface area contributed by atoms with Crippen LogP contribution in [0.5, 0.6) is 0 Å². The van der Waals surface area contributed by atoms with E-state index in [1.54, 1.807) is 6.07 Å². The molecule has 3 rings (SSSR count). The first-order valence-corrected chi connectivity index (χ1v) is 11.1. The summed E-state index contributed by atoms with van der Waals surface area (Å²) >= 11 is -0.0123. The number of nitrogens with zero attached hydrogens (tertiary/aromatic N) is 1. The molecule has 5 nitrogen and oxygen atoms in total. The Bertz CT molecular complexity index is 932. The minimum absolute atomic E-state index is 0.0123. The summed E-state index contributed by atoms with van der Waals surface area (Å²) in [7, 11) is 0. The van der Waals surface area contributed by atoms with Gasteiger partial charge in [0.05, 0.1) is 0 Å². The van der Waals surface area contributed by atoms with Gasteiger partial charge in [0.1, 0.15) is 0 Å². The summed E-state index contributed by atoms with van der Waals surface area (Å²) in [6.45, 7) is 9.52. The van der Waals surface area contributed by atoms with E-state index in [1.807, 2.05) is 19.1 Å². The van der Waals surface area contributed by atoms with Gasteiger partial charge >= 0.3 is 170 Å². The van der Waals surface area contributed by atoms with E-state index in [0.29, 0.717) is 28.9 Å². The Kier molecular flexibility index (Phi) is 6.49. The number of nitrogens with one attached hydrogen (secondary N) is 2. The number of hydrogen-bond donors (Lipinski definition) is 2. The zero-order valence-electron chi connectivity index (χ0n) is 16.3. The quantitative estimate of drug-likeness (QED) is 0.506. The van der Waals surface area contributed by atoms with Crippen LogP contribution in [0, 0.1) is 12.7 Å². The van der Waals surface area contributed by atoms with Gasteiger partial charge in [0.25, 0.3) is 0 Å². The van der Waals surface area contributed by atoms with Gasteiger partial charge in [-0.1, -0.05) is 0 Å². The second-order valence-electron chi connectivity index (χ2n) is 6.60. The Labute approximate surface area is 170 Å². The summed E-state index contributed by atoms with van der Waals surface area (Å²) in [5, 5.41) is 5.68. The molecular weight excluding hydrogens is 424 g/mol. The number of likely N-dealkylation sites (N-methyl/N-ethyl adjacent to an activating group) is 1. The Morgan fingerprint density at radius 2 is 2.04 bits per heavy atom. The molecule has 0 unspecified atom stereocenters. The molecule has 1 aromatic carbocycles. The number of benzene rings is 1. The van der Waals surface area contributed by atoms with Crippen molar-refractivity contribution in [3.63, 3.8) is 0 Å². The third-order valence-electron chi connectivity index (χ3n) is 4.84. The predicted octanol–water partition coefficient (Wildman–Crippen LogP) is 2.76. The minimum atomic E-state index is -0.384. The summed E-state index contributed by atoms with van der Waals surface area (Å²) < 4.78 is 15.4. The Balaban J connectivity index is 1.75. The van der Waals surface area contributed by atoms with Crippen molar-refractivity contribution in [1.82, 2.24) is 10.2 Å². The summed E-state index contributed by atoms with van der Waals surface area (Å²) in [6.07, 6.45) is 1.82. The number of carbonyl (C=O) groups is 2. The number of amides is 2. The van der Waals surface area contributed by atoms with Gasteiger partial charge in [0.2, 0.25) is 0 Å². The van der Waals surface area contributed by atoms with Gasteiger partial charge in [-0.3, -0.25) is 0 Å². The Hall–Kier alpha value is -2.21. The van der Waals surface area contributed by atoms with Gasteiger partial charge in [-0.2, -0.15) is 0 Å². The zero-order chi connectivity index (χ0) is 20.3. The van der Waals surface area contributed by atoms with Crippen molar-refractivity contribution in [2.75, 3.05) is 31.5 Å². The van der Waals surface area contributed by atoms with E-state index in [1.165, 1.54) is 12.1 Å². The molecular formula is C21H24FN3O2Se. The van der Waals surface area contributed by atoms with Gasteiger partial charge in [-0.25, -0.2) is 0 Å². The van der Waals surface area contributed by atoms with Crippen molar-refractivity contribution in [2.24, 2.45) is 0 Å². The summed E-state index contributed by atoms with van der Waals surface area (Å²) in [5.41, 5.74) is 2.38. The van der Waals surface area contributed by atoms with E-state index in [-0.39, 0.29) is 32.1 Å². The average Bonchev–Trinajstić information content (AvgIpc) is 3.18. The van der Waals surface area contributed by atoms with Crippen LogP contribution in [0.4, 0.5) is 10.1 Å². The first kappa shape index (κ1) is 20.5. The monoisotopic (exact) mass is 449 g/mol. The number of fused-ring (bicyclic) bond motifs is 1. The topological polar surface area (TPSA) is 61.4 Å². The van der Waals surface area contributed by atoms with Gasteiger partial charge in [-0.05, 0) is 0 Å². The van der Waals surface area contributed by atoms with E-state index >= 15 is 0 Å². The molecule has 0 spiro atoms. The van der Waals surface area contributed by atoms with Crippen molar-refractivity contribution in [2.45, 2.75) is 20.8 Å². The summed E-state index contributed by atoms with van der Waals surface area (Å²) in [6, 6.07) is 6.14. The Morgan fingerprint density at radius 1 is 1.29 bits per heavy atom. The summed E-state index contributed by atoms with van der Waals surface area (Å²) in [5.74, 6) is -0.698. The number of anilines is 1. The third kappa shape index (κ3) is 4.43. The summed E-state index contributed by atoms with van der Waals surface area (Å²) in [4.78, 5) is 27.1. The molecule has 0 saturated carbocycles. The fourth-order valence-electron chi connectivity index (χ4n) is 3.22. The number of hydrogen-bond acceptors (Lipinski definition) is 3. The van der Waals surface area contributed by atoms with Crippen LogP contribution < -0.4 is 10.6 Å². The van der Waals surface area contributed by atoms with Crippen molar-refractivity contribution in [1.29, 1.82) is 0 Å². The van der Waals surface area contributed by atoms with E-state index < -0.39 is 0 Å². The van der Waals surface area contributed by atoms with Gasteiger partial charge in [0, 0.05) is 0 Å². The molecule has 2 heterocycles. The van der Waals surface area contributed by atoms with E-state index in [2.05, 4.69) is 29.4 Å². The van der Waals surface area contributed by atoms with Crippen LogP contribution in [-0.4, -0.2) is 57.4 Å². The maximum atomic E-state index is 13.4. The average molecular weight is 448 g/mol. The van der Waals surface area contributed by atoms with E-state index in [0.717, 1.165) is 28.5 Å². The molecule has 7 heteroatoms. The SMILES string of the molecule is CCN(CC)CCNC(=O)c1cc(C=C2C(=O)Nc3cc(F)ccc32)[se]c1C. The van der Waals surface area contributed by atoms with E-state index in [9.17, 15) is 14.0 Å². The fourth-order valence-corrected chi connectivity index (χ4v) is 5.25. The Morgan fingerprint density at radius 3 is 2.75 bits per heavy atom. The van der Waals surface area contributed by atoms with Gasteiger partial charge < -0.3 is 0 Å².